The van der Waals surface area contributed by atoms with Crippen molar-refractivity contribution in [1.29, 1.82) is 0 Å². The van der Waals surface area contributed by atoms with Crippen LogP contribution in [0.1, 0.15) is 16.7 Å². The van der Waals surface area contributed by atoms with Gasteiger partial charge in [-0.15, -0.1) is 0 Å². The molecule has 0 aromatic heterocycles. The smallest absolute Gasteiger partial charge is 0.277 e. The number of carbonyl (C=O) groups is 2. The number of likely N-dealkylation sites (N-methyl/N-ethyl adjacent to an activating group) is 2. The Labute approximate surface area is 178 Å². The van der Waals surface area contributed by atoms with Gasteiger partial charge in [0, 0.05) is 41.5 Å². The summed E-state index contributed by atoms with van der Waals surface area (Å²) >= 11 is 6.38. The van der Waals surface area contributed by atoms with Crippen molar-refractivity contribution in [3.8, 4) is 5.75 Å². The summed E-state index contributed by atoms with van der Waals surface area (Å²) in [7, 11) is 3.46. The monoisotopic (exact) mass is 416 g/mol. The van der Waals surface area contributed by atoms with Crippen LogP contribution in [0.5, 0.6) is 5.75 Å². The Kier molecular flexibility index (Phi) is 3.18. The molecule has 2 atom stereocenters. The number of nitrogens with zero attached hydrogens (tertiary/aromatic N) is 2. The third-order valence-corrected chi connectivity index (χ3v) is 6.92. The van der Waals surface area contributed by atoms with Gasteiger partial charge in [-0.05, 0) is 30.3 Å². The Bertz CT molecular complexity index is 1290. The molecule has 3 aromatic carbocycles. The molecule has 3 heterocycles. The van der Waals surface area contributed by atoms with Crippen LogP contribution in [0, 0.1) is 0 Å². The largest absolute Gasteiger partial charge is 0.470 e. The van der Waals surface area contributed by atoms with E-state index in [0.717, 1.165) is 16.9 Å². The molecular weight excluding hydrogens is 400 g/mol. The summed E-state index contributed by atoms with van der Waals surface area (Å²) in [5, 5.41) is 0.487. The first-order chi connectivity index (χ1) is 14.4. The second-order valence-electron chi connectivity index (χ2n) is 7.94. The molecule has 2 unspecified atom stereocenters. The second-order valence-corrected chi connectivity index (χ2v) is 8.37. The van der Waals surface area contributed by atoms with Crippen LogP contribution in [-0.2, 0) is 20.6 Å². The summed E-state index contributed by atoms with van der Waals surface area (Å²) in [6, 6.07) is 20.3. The molecule has 3 aliphatic heterocycles. The summed E-state index contributed by atoms with van der Waals surface area (Å²) in [5.74, 6) is 0.0222. The van der Waals surface area contributed by atoms with Crippen LogP contribution < -0.4 is 14.5 Å². The number of carbonyl (C=O) groups excluding carboxylic acids is 2. The molecule has 6 rings (SSSR count). The van der Waals surface area contributed by atoms with E-state index in [9.17, 15) is 9.59 Å². The predicted octanol–water partition coefficient (Wildman–Crippen LogP) is 3.87. The molecule has 0 radical (unpaired) electrons. The maximum Gasteiger partial charge on any atom is 0.277 e. The number of anilines is 2. The predicted molar refractivity (Wildman–Crippen MR) is 114 cm³/mol. The van der Waals surface area contributed by atoms with Crippen LogP contribution in [0.15, 0.2) is 66.7 Å². The molecule has 0 saturated heterocycles. The zero-order chi connectivity index (χ0) is 20.8. The van der Waals surface area contributed by atoms with E-state index < -0.39 is 11.0 Å². The summed E-state index contributed by atoms with van der Waals surface area (Å²) in [6.45, 7) is 0. The van der Waals surface area contributed by atoms with E-state index in [1.54, 1.807) is 42.1 Å². The second kappa shape index (κ2) is 5.43. The maximum absolute atomic E-state index is 14.1. The first-order valence-corrected chi connectivity index (χ1v) is 10.1. The molecular formula is C24H17ClN2O3. The van der Waals surface area contributed by atoms with E-state index in [2.05, 4.69) is 0 Å². The number of hydrogen-bond acceptors (Lipinski definition) is 3. The number of rotatable bonds is 0. The van der Waals surface area contributed by atoms with Crippen molar-refractivity contribution in [2.75, 3.05) is 23.9 Å². The lowest BCUT2D eigenvalue weighted by Crippen LogP contribution is -2.59. The Hall–Kier alpha value is -3.31. The Morgan fingerprint density at radius 1 is 0.767 bits per heavy atom. The lowest BCUT2D eigenvalue weighted by atomic mass is 9.62. The topological polar surface area (TPSA) is 49.9 Å². The Morgan fingerprint density at radius 3 is 2.10 bits per heavy atom. The van der Waals surface area contributed by atoms with Crippen LogP contribution >= 0.6 is 11.6 Å². The average molecular weight is 417 g/mol. The van der Waals surface area contributed by atoms with Gasteiger partial charge in [-0.3, -0.25) is 9.59 Å². The molecule has 0 saturated carbocycles. The minimum Gasteiger partial charge on any atom is -0.470 e. The van der Waals surface area contributed by atoms with Crippen molar-refractivity contribution in [3.63, 3.8) is 0 Å². The number of amides is 2. The fourth-order valence-corrected chi connectivity index (χ4v) is 5.63. The van der Waals surface area contributed by atoms with Gasteiger partial charge in [0.2, 0.25) is 11.5 Å². The zero-order valence-corrected chi connectivity index (χ0v) is 17.1. The van der Waals surface area contributed by atoms with E-state index in [1.807, 2.05) is 48.5 Å². The minimum atomic E-state index is -1.54. The van der Waals surface area contributed by atoms with Crippen molar-refractivity contribution < 1.29 is 14.3 Å². The van der Waals surface area contributed by atoms with Crippen LogP contribution in [0.25, 0.3) is 0 Å². The highest BCUT2D eigenvalue weighted by Crippen LogP contribution is 2.66. The van der Waals surface area contributed by atoms with Crippen molar-refractivity contribution in [1.82, 2.24) is 0 Å². The Morgan fingerprint density at radius 2 is 1.37 bits per heavy atom. The van der Waals surface area contributed by atoms with E-state index in [4.69, 9.17) is 16.3 Å². The molecule has 2 amide bonds. The van der Waals surface area contributed by atoms with E-state index >= 15 is 0 Å². The molecule has 2 spiro atoms. The van der Waals surface area contributed by atoms with Gasteiger partial charge in [-0.2, -0.15) is 0 Å². The van der Waals surface area contributed by atoms with Crippen LogP contribution in [0.3, 0.4) is 0 Å². The molecule has 3 aromatic rings. The third kappa shape index (κ3) is 1.65. The van der Waals surface area contributed by atoms with Gasteiger partial charge in [-0.25, -0.2) is 0 Å². The van der Waals surface area contributed by atoms with Gasteiger partial charge in [0.25, 0.3) is 5.91 Å². The van der Waals surface area contributed by atoms with Crippen molar-refractivity contribution in [2.45, 2.75) is 11.0 Å². The normalized spacial score (nSPS) is 25.7. The fourth-order valence-electron chi connectivity index (χ4n) is 5.46. The van der Waals surface area contributed by atoms with Crippen LogP contribution in [0.4, 0.5) is 11.4 Å². The maximum atomic E-state index is 14.1. The number of halogens is 1. The van der Waals surface area contributed by atoms with Gasteiger partial charge >= 0.3 is 0 Å². The molecule has 0 N–H and O–H groups in total. The summed E-state index contributed by atoms with van der Waals surface area (Å²) < 4.78 is 6.54. The molecule has 30 heavy (non-hydrogen) atoms. The molecule has 6 heteroatoms. The summed E-state index contributed by atoms with van der Waals surface area (Å²) in [4.78, 5) is 31.3. The van der Waals surface area contributed by atoms with Gasteiger partial charge in [0.15, 0.2) is 5.41 Å². The number of para-hydroxylation sites is 2. The lowest BCUT2D eigenvalue weighted by Gasteiger charge is -2.37. The SMILES string of the molecule is CN1C(=O)C2(Oc3ccc(Cl)cc3C23C(=O)N(C)c2ccccc23)c2ccccc21. The van der Waals surface area contributed by atoms with Gasteiger partial charge in [0.05, 0.1) is 5.69 Å². The lowest BCUT2D eigenvalue weighted by molar-refractivity contribution is -0.142. The standard InChI is InChI=1S/C24H17ClN2O3/c1-26-18-9-5-3-7-15(18)23(21(26)28)17-13-14(25)11-12-20(17)30-24(23)16-8-4-6-10-19(16)27(2)22(24)29/h3-13H,1-2H3. The molecule has 0 aliphatic carbocycles. The van der Waals surface area contributed by atoms with Gasteiger partial charge in [0.1, 0.15) is 5.75 Å². The molecule has 5 nitrogen and oxygen atoms in total. The van der Waals surface area contributed by atoms with E-state index in [0.29, 0.717) is 21.9 Å². The first kappa shape index (κ1) is 17.5. The van der Waals surface area contributed by atoms with Crippen molar-refractivity contribution in [2.24, 2.45) is 0 Å². The van der Waals surface area contributed by atoms with Gasteiger partial charge in [-0.1, -0.05) is 48.0 Å². The average Bonchev–Trinajstić information content (AvgIpc) is 3.28. The molecule has 3 aliphatic rings. The van der Waals surface area contributed by atoms with Gasteiger partial charge < -0.3 is 14.5 Å². The number of hydrogen-bond donors (Lipinski definition) is 0. The Balaban J connectivity index is 1.82. The number of fused-ring (bicyclic) bond motifs is 7. The van der Waals surface area contributed by atoms with E-state index in [-0.39, 0.29) is 11.8 Å². The minimum absolute atomic E-state index is 0.205. The first-order valence-electron chi connectivity index (χ1n) is 9.69. The van der Waals surface area contributed by atoms with Crippen molar-refractivity contribution >= 4 is 34.8 Å². The summed E-state index contributed by atoms with van der Waals surface area (Å²) in [6.07, 6.45) is 0. The highest BCUT2D eigenvalue weighted by Gasteiger charge is 2.76. The van der Waals surface area contributed by atoms with Crippen LogP contribution in [0.2, 0.25) is 5.02 Å². The number of ether oxygens (including phenoxy) is 1. The third-order valence-electron chi connectivity index (χ3n) is 6.68. The highest BCUT2D eigenvalue weighted by molar-refractivity contribution is 6.31. The van der Waals surface area contributed by atoms with Crippen molar-refractivity contribution in [3.05, 3.63) is 88.4 Å². The molecule has 0 fully saturated rings. The fraction of sp³-hybridized carbons (Fsp3) is 0.167. The molecule has 0 bridgehead atoms. The summed E-state index contributed by atoms with van der Waals surface area (Å²) in [5.41, 5.74) is 0.647. The molecule has 148 valence electrons. The zero-order valence-electron chi connectivity index (χ0n) is 16.3. The van der Waals surface area contributed by atoms with Crippen LogP contribution in [-0.4, -0.2) is 25.9 Å². The number of benzene rings is 3. The highest BCUT2D eigenvalue weighted by atomic mass is 35.5. The van der Waals surface area contributed by atoms with E-state index in [1.165, 1.54) is 0 Å². The quantitative estimate of drug-likeness (QED) is 0.559.